The fourth-order valence-electron chi connectivity index (χ4n) is 1.48. The first-order chi connectivity index (χ1) is 10.4. The van der Waals surface area contributed by atoms with Gasteiger partial charge in [-0.05, 0) is 19.1 Å². The third kappa shape index (κ3) is 5.97. The van der Waals surface area contributed by atoms with Crippen LogP contribution in [0.25, 0.3) is 0 Å². The molecule has 1 rings (SSSR count). The fraction of sp³-hybridized carbons (Fsp3) is 0.267. The fourth-order valence-corrected chi connectivity index (χ4v) is 1.67. The highest BCUT2D eigenvalue weighted by Gasteiger charge is 2.15. The number of halogens is 1. The number of nitrogens with one attached hydrogen (secondary N) is 1. The van der Waals surface area contributed by atoms with E-state index in [9.17, 15) is 14.4 Å². The molecule has 0 heterocycles. The molecule has 22 heavy (non-hydrogen) atoms. The number of likely N-dealkylation sites (N-methyl/N-ethyl adjacent to an activating group) is 1. The topological polar surface area (TPSA) is 75.7 Å². The van der Waals surface area contributed by atoms with Gasteiger partial charge in [0.2, 0.25) is 5.91 Å². The lowest BCUT2D eigenvalue weighted by atomic mass is 10.3. The van der Waals surface area contributed by atoms with Crippen LogP contribution in [0.5, 0.6) is 0 Å². The molecule has 0 aliphatic carbocycles. The number of carbonyl (C=O) groups excluding carboxylic acids is 3. The molecule has 118 valence electrons. The summed E-state index contributed by atoms with van der Waals surface area (Å²) in [6.07, 6.45) is 2.71. The van der Waals surface area contributed by atoms with Crippen molar-refractivity contribution in [3.05, 3.63) is 41.4 Å². The van der Waals surface area contributed by atoms with Crippen molar-refractivity contribution < 1.29 is 19.1 Å². The van der Waals surface area contributed by atoms with Gasteiger partial charge in [-0.25, -0.2) is 4.79 Å². The van der Waals surface area contributed by atoms with Gasteiger partial charge in [0.05, 0.1) is 17.3 Å². The van der Waals surface area contributed by atoms with E-state index in [0.717, 1.165) is 4.90 Å². The van der Waals surface area contributed by atoms with Gasteiger partial charge in [0, 0.05) is 13.1 Å². The van der Waals surface area contributed by atoms with E-state index in [0.29, 0.717) is 10.7 Å². The largest absolute Gasteiger partial charge is 0.452 e. The number of para-hydroxylation sites is 1. The smallest absolute Gasteiger partial charge is 0.330 e. The molecule has 0 fully saturated rings. The molecule has 1 aromatic carbocycles. The summed E-state index contributed by atoms with van der Waals surface area (Å²) in [4.78, 5) is 35.8. The van der Waals surface area contributed by atoms with Crippen molar-refractivity contribution in [2.75, 3.05) is 25.5 Å². The van der Waals surface area contributed by atoms with Gasteiger partial charge in [0.1, 0.15) is 0 Å². The van der Waals surface area contributed by atoms with Gasteiger partial charge in [-0.2, -0.15) is 0 Å². The van der Waals surface area contributed by atoms with Crippen molar-refractivity contribution >= 4 is 35.1 Å². The third-order valence-electron chi connectivity index (χ3n) is 2.60. The Labute approximate surface area is 133 Å². The second-order valence-electron chi connectivity index (χ2n) is 4.39. The molecule has 0 aliphatic rings. The maximum Gasteiger partial charge on any atom is 0.330 e. The molecule has 0 bridgehead atoms. The molecule has 0 spiro atoms. The van der Waals surface area contributed by atoms with Crippen LogP contribution in [0.15, 0.2) is 36.4 Å². The average Bonchev–Trinajstić information content (AvgIpc) is 2.47. The predicted octanol–water partition coefficient (Wildman–Crippen LogP) is 1.86. The molecule has 0 aliphatic heterocycles. The summed E-state index contributed by atoms with van der Waals surface area (Å²) in [5, 5.41) is 3.00. The van der Waals surface area contributed by atoms with Gasteiger partial charge in [0.15, 0.2) is 6.61 Å². The van der Waals surface area contributed by atoms with Crippen LogP contribution in [0.3, 0.4) is 0 Å². The first-order valence-corrected chi connectivity index (χ1v) is 6.89. The lowest BCUT2D eigenvalue weighted by molar-refractivity contribution is -0.148. The van der Waals surface area contributed by atoms with Gasteiger partial charge in [-0.1, -0.05) is 29.8 Å². The second kappa shape index (κ2) is 8.84. The zero-order valence-corrected chi connectivity index (χ0v) is 13.1. The molecular formula is C15H17ClN2O4. The standard InChI is InChI=1S/C15H17ClN2O4/c1-3-6-15(21)22-10-14(20)18(2)9-13(19)17-12-8-5-4-7-11(12)16/h3-8H,9-10H2,1-2H3,(H,17,19)/b6-3+. The molecule has 0 saturated carbocycles. The minimum Gasteiger partial charge on any atom is -0.452 e. The molecule has 0 saturated heterocycles. The van der Waals surface area contributed by atoms with E-state index < -0.39 is 24.4 Å². The van der Waals surface area contributed by atoms with Crippen LogP contribution in [-0.4, -0.2) is 42.9 Å². The number of allylic oxidation sites excluding steroid dienone is 1. The SMILES string of the molecule is C/C=C/C(=O)OCC(=O)N(C)CC(=O)Nc1ccccc1Cl. The minimum atomic E-state index is -0.607. The molecule has 0 unspecified atom stereocenters. The summed E-state index contributed by atoms with van der Waals surface area (Å²) in [5.41, 5.74) is 0.467. The molecule has 7 heteroatoms. The normalized spacial score (nSPS) is 10.3. The number of ether oxygens (including phenoxy) is 1. The van der Waals surface area contributed by atoms with Gasteiger partial charge in [-0.15, -0.1) is 0 Å². The Morgan fingerprint density at radius 3 is 2.64 bits per heavy atom. The van der Waals surface area contributed by atoms with Crippen LogP contribution in [0.1, 0.15) is 6.92 Å². The first-order valence-electron chi connectivity index (χ1n) is 6.52. The Morgan fingerprint density at radius 1 is 1.32 bits per heavy atom. The number of benzene rings is 1. The van der Waals surface area contributed by atoms with Crippen LogP contribution < -0.4 is 5.32 Å². The number of anilines is 1. The van der Waals surface area contributed by atoms with Gasteiger partial charge in [0.25, 0.3) is 5.91 Å². The molecule has 1 N–H and O–H groups in total. The van der Waals surface area contributed by atoms with E-state index in [1.807, 2.05) is 0 Å². The Hall–Kier alpha value is -2.34. The van der Waals surface area contributed by atoms with E-state index in [1.165, 1.54) is 19.2 Å². The van der Waals surface area contributed by atoms with Crippen molar-refractivity contribution in [3.8, 4) is 0 Å². The Morgan fingerprint density at radius 2 is 2.00 bits per heavy atom. The number of hydrogen-bond acceptors (Lipinski definition) is 4. The highest BCUT2D eigenvalue weighted by molar-refractivity contribution is 6.33. The third-order valence-corrected chi connectivity index (χ3v) is 2.92. The number of rotatable bonds is 6. The van der Waals surface area contributed by atoms with Crippen LogP contribution in [0, 0.1) is 0 Å². The highest BCUT2D eigenvalue weighted by Crippen LogP contribution is 2.20. The van der Waals surface area contributed by atoms with Crippen LogP contribution >= 0.6 is 11.6 Å². The van der Waals surface area contributed by atoms with E-state index >= 15 is 0 Å². The number of esters is 1. The van der Waals surface area contributed by atoms with Gasteiger partial charge >= 0.3 is 5.97 Å². The maximum atomic E-state index is 11.8. The molecule has 0 atom stereocenters. The summed E-state index contributed by atoms with van der Waals surface area (Å²) < 4.78 is 4.71. The van der Waals surface area contributed by atoms with Crippen molar-refractivity contribution in [2.24, 2.45) is 0 Å². The van der Waals surface area contributed by atoms with Crippen molar-refractivity contribution in [1.82, 2.24) is 4.90 Å². The van der Waals surface area contributed by atoms with Crippen molar-refractivity contribution in [3.63, 3.8) is 0 Å². The number of hydrogen-bond donors (Lipinski definition) is 1. The Balaban J connectivity index is 2.45. The van der Waals surface area contributed by atoms with Crippen LogP contribution in [0.2, 0.25) is 5.02 Å². The quantitative estimate of drug-likeness (QED) is 0.640. The molecule has 0 radical (unpaired) electrons. The lowest BCUT2D eigenvalue weighted by Gasteiger charge is -2.16. The zero-order chi connectivity index (χ0) is 16.5. The van der Waals surface area contributed by atoms with Crippen molar-refractivity contribution in [2.45, 2.75) is 6.92 Å². The van der Waals surface area contributed by atoms with E-state index in [4.69, 9.17) is 16.3 Å². The number of nitrogens with zero attached hydrogens (tertiary/aromatic N) is 1. The van der Waals surface area contributed by atoms with Gasteiger partial charge < -0.3 is 15.0 Å². The minimum absolute atomic E-state index is 0.175. The van der Waals surface area contributed by atoms with Crippen LogP contribution in [0.4, 0.5) is 5.69 Å². The Kier molecular flexibility index (Phi) is 7.12. The lowest BCUT2D eigenvalue weighted by Crippen LogP contribution is -2.37. The molecular weight excluding hydrogens is 308 g/mol. The molecule has 0 aromatic heterocycles. The molecule has 2 amide bonds. The first kappa shape index (κ1) is 17.7. The summed E-state index contributed by atoms with van der Waals surface area (Å²) in [5.74, 6) is -1.49. The molecule has 6 nitrogen and oxygen atoms in total. The highest BCUT2D eigenvalue weighted by atomic mass is 35.5. The van der Waals surface area contributed by atoms with Crippen molar-refractivity contribution in [1.29, 1.82) is 0 Å². The second-order valence-corrected chi connectivity index (χ2v) is 4.79. The van der Waals surface area contributed by atoms with Gasteiger partial charge in [-0.3, -0.25) is 9.59 Å². The summed E-state index contributed by atoms with van der Waals surface area (Å²) in [6, 6.07) is 6.78. The summed E-state index contributed by atoms with van der Waals surface area (Å²) >= 11 is 5.92. The van der Waals surface area contributed by atoms with E-state index in [1.54, 1.807) is 31.2 Å². The van der Waals surface area contributed by atoms with E-state index in [2.05, 4.69) is 5.32 Å². The maximum absolute atomic E-state index is 11.8. The predicted molar refractivity (Wildman–Crippen MR) is 83.5 cm³/mol. The number of carbonyl (C=O) groups is 3. The average molecular weight is 325 g/mol. The Bertz CT molecular complexity index is 587. The molecule has 1 aromatic rings. The van der Waals surface area contributed by atoms with Crippen LogP contribution in [-0.2, 0) is 19.1 Å². The van der Waals surface area contributed by atoms with E-state index in [-0.39, 0.29) is 6.54 Å². The summed E-state index contributed by atoms with van der Waals surface area (Å²) in [6.45, 7) is 1.07. The number of amides is 2. The monoisotopic (exact) mass is 324 g/mol. The zero-order valence-electron chi connectivity index (χ0n) is 12.3. The summed E-state index contributed by atoms with van der Waals surface area (Å²) in [7, 11) is 1.44.